The standard InChI is InChI=1S/C29H29BrN4O3S/c1-20-14-21(2)16-27(15-20)34-22(3)17-24(23(34)4)18-31-32-29(35)19-33(26-12-10-25(30)11-13-26)38(36,37)28-8-6-5-7-9-28/h5-18H,19H2,1-4H3,(H,32,35)/b31-18-. The van der Waals surface area contributed by atoms with E-state index in [9.17, 15) is 13.2 Å². The second kappa shape index (κ2) is 11.4. The van der Waals surface area contributed by atoms with Crippen LogP contribution in [0.2, 0.25) is 0 Å². The summed E-state index contributed by atoms with van der Waals surface area (Å²) in [6, 6.07) is 23.1. The predicted molar refractivity (Wildman–Crippen MR) is 156 cm³/mol. The van der Waals surface area contributed by atoms with Gasteiger partial charge in [0.2, 0.25) is 0 Å². The third kappa shape index (κ3) is 6.06. The van der Waals surface area contributed by atoms with Crippen LogP contribution in [0.1, 0.15) is 28.1 Å². The lowest BCUT2D eigenvalue weighted by Crippen LogP contribution is -2.39. The van der Waals surface area contributed by atoms with Gasteiger partial charge in [-0.3, -0.25) is 9.10 Å². The number of benzene rings is 3. The van der Waals surface area contributed by atoms with Gasteiger partial charge in [-0.1, -0.05) is 40.2 Å². The molecule has 0 saturated carbocycles. The molecular weight excluding hydrogens is 564 g/mol. The molecule has 0 radical (unpaired) electrons. The summed E-state index contributed by atoms with van der Waals surface area (Å²) in [5, 5.41) is 4.13. The van der Waals surface area contributed by atoms with Gasteiger partial charge in [0, 0.05) is 27.1 Å². The van der Waals surface area contributed by atoms with Gasteiger partial charge in [0.25, 0.3) is 15.9 Å². The van der Waals surface area contributed by atoms with E-state index in [0.717, 1.165) is 31.4 Å². The fraction of sp³-hybridized carbons (Fsp3) is 0.172. The highest BCUT2D eigenvalue weighted by Crippen LogP contribution is 2.25. The molecule has 0 aliphatic carbocycles. The summed E-state index contributed by atoms with van der Waals surface area (Å²) in [5.41, 5.74) is 9.14. The van der Waals surface area contributed by atoms with Gasteiger partial charge in [-0.05, 0) is 93.4 Å². The fourth-order valence-corrected chi connectivity index (χ4v) is 6.08. The minimum atomic E-state index is -3.98. The molecule has 1 aromatic heterocycles. The number of amides is 1. The molecule has 1 N–H and O–H groups in total. The monoisotopic (exact) mass is 592 g/mol. The predicted octanol–water partition coefficient (Wildman–Crippen LogP) is 5.82. The van der Waals surface area contributed by atoms with Crippen LogP contribution >= 0.6 is 15.9 Å². The van der Waals surface area contributed by atoms with Gasteiger partial charge >= 0.3 is 0 Å². The highest BCUT2D eigenvalue weighted by Gasteiger charge is 2.27. The highest BCUT2D eigenvalue weighted by atomic mass is 79.9. The molecule has 0 unspecified atom stereocenters. The van der Waals surface area contributed by atoms with E-state index in [1.807, 2.05) is 19.9 Å². The van der Waals surface area contributed by atoms with E-state index < -0.39 is 22.5 Å². The number of sulfonamides is 1. The van der Waals surface area contributed by atoms with Crippen LogP contribution < -0.4 is 9.73 Å². The molecule has 9 heteroatoms. The fourth-order valence-electron chi connectivity index (χ4n) is 4.38. The lowest BCUT2D eigenvalue weighted by Gasteiger charge is -2.23. The van der Waals surface area contributed by atoms with Crippen LogP contribution in [-0.2, 0) is 14.8 Å². The molecule has 1 heterocycles. The van der Waals surface area contributed by atoms with Crippen molar-refractivity contribution < 1.29 is 13.2 Å². The second-order valence-electron chi connectivity index (χ2n) is 9.10. The summed E-state index contributed by atoms with van der Waals surface area (Å²) in [5.74, 6) is -0.563. The second-order valence-corrected chi connectivity index (χ2v) is 11.9. The molecule has 0 bridgehead atoms. The van der Waals surface area contributed by atoms with E-state index >= 15 is 0 Å². The summed E-state index contributed by atoms with van der Waals surface area (Å²) >= 11 is 3.36. The highest BCUT2D eigenvalue weighted by molar-refractivity contribution is 9.10. The maximum absolute atomic E-state index is 13.4. The Hall–Kier alpha value is -3.69. The molecule has 196 valence electrons. The maximum atomic E-state index is 13.4. The summed E-state index contributed by atoms with van der Waals surface area (Å²) in [4.78, 5) is 13.0. The molecule has 0 fully saturated rings. The molecule has 3 aromatic carbocycles. The number of hydrogen-bond acceptors (Lipinski definition) is 4. The van der Waals surface area contributed by atoms with Crippen LogP contribution in [-0.4, -0.2) is 31.7 Å². The number of rotatable bonds is 8. The largest absolute Gasteiger partial charge is 0.318 e. The smallest absolute Gasteiger partial charge is 0.264 e. The molecule has 4 aromatic rings. The van der Waals surface area contributed by atoms with Gasteiger partial charge < -0.3 is 4.57 Å². The van der Waals surface area contributed by atoms with Crippen molar-refractivity contribution in [3.8, 4) is 5.69 Å². The van der Waals surface area contributed by atoms with E-state index in [-0.39, 0.29) is 4.90 Å². The van der Waals surface area contributed by atoms with Crippen molar-refractivity contribution in [1.29, 1.82) is 0 Å². The van der Waals surface area contributed by atoms with Crippen molar-refractivity contribution in [3.05, 3.63) is 111 Å². The quantitative estimate of drug-likeness (QED) is 0.207. The average Bonchev–Trinajstić information content (AvgIpc) is 3.15. The molecule has 38 heavy (non-hydrogen) atoms. The van der Waals surface area contributed by atoms with Gasteiger partial charge in [-0.2, -0.15) is 5.10 Å². The van der Waals surface area contributed by atoms with Crippen LogP contribution in [0.15, 0.2) is 93.3 Å². The Bertz CT molecular complexity index is 1570. The van der Waals surface area contributed by atoms with Crippen LogP contribution in [0.5, 0.6) is 0 Å². The Morgan fingerprint density at radius 2 is 1.58 bits per heavy atom. The van der Waals surface area contributed by atoms with Crippen LogP contribution in [0.3, 0.4) is 0 Å². The van der Waals surface area contributed by atoms with Crippen molar-refractivity contribution in [1.82, 2.24) is 9.99 Å². The van der Waals surface area contributed by atoms with E-state index in [4.69, 9.17) is 0 Å². The Kier molecular flexibility index (Phi) is 8.18. The molecule has 0 aliphatic rings. The Labute approximate surface area is 232 Å². The minimum absolute atomic E-state index is 0.0954. The average molecular weight is 594 g/mol. The number of carbonyl (C=O) groups is 1. The van der Waals surface area contributed by atoms with E-state index in [2.05, 4.69) is 63.1 Å². The number of nitrogens with one attached hydrogen (secondary N) is 1. The topological polar surface area (TPSA) is 83.8 Å². The normalized spacial score (nSPS) is 11.6. The molecule has 0 aliphatic heterocycles. The summed E-state index contributed by atoms with van der Waals surface area (Å²) in [6.45, 7) is 7.72. The zero-order valence-corrected chi connectivity index (χ0v) is 24.0. The molecule has 0 saturated heterocycles. The first kappa shape index (κ1) is 27.3. The van der Waals surface area contributed by atoms with Crippen molar-refractivity contribution in [2.24, 2.45) is 5.10 Å². The lowest BCUT2D eigenvalue weighted by atomic mass is 10.1. The number of anilines is 1. The summed E-state index contributed by atoms with van der Waals surface area (Å²) in [7, 11) is -3.98. The van der Waals surface area contributed by atoms with Gasteiger partial charge in [0.05, 0.1) is 16.8 Å². The third-order valence-electron chi connectivity index (χ3n) is 6.06. The number of halogens is 1. The molecule has 7 nitrogen and oxygen atoms in total. The minimum Gasteiger partial charge on any atom is -0.318 e. The van der Waals surface area contributed by atoms with Crippen molar-refractivity contribution in [3.63, 3.8) is 0 Å². The number of aryl methyl sites for hydroxylation is 3. The Morgan fingerprint density at radius 1 is 0.947 bits per heavy atom. The number of hydrogen-bond donors (Lipinski definition) is 1. The van der Waals surface area contributed by atoms with E-state index in [1.165, 1.54) is 23.3 Å². The first-order chi connectivity index (χ1) is 18.1. The van der Waals surface area contributed by atoms with Crippen LogP contribution in [0.4, 0.5) is 5.69 Å². The SMILES string of the molecule is Cc1cc(C)cc(-n2c(C)cc(/C=N\NC(=O)CN(c3ccc(Br)cc3)S(=O)(=O)c3ccccc3)c2C)c1. The van der Waals surface area contributed by atoms with E-state index in [1.54, 1.807) is 48.7 Å². The summed E-state index contributed by atoms with van der Waals surface area (Å²) < 4.78 is 30.8. The third-order valence-corrected chi connectivity index (χ3v) is 8.38. The molecule has 1 amide bonds. The maximum Gasteiger partial charge on any atom is 0.264 e. The van der Waals surface area contributed by atoms with Crippen LogP contribution in [0, 0.1) is 27.7 Å². The zero-order chi connectivity index (χ0) is 27.4. The number of nitrogens with zero attached hydrogens (tertiary/aromatic N) is 3. The number of aromatic nitrogens is 1. The molecule has 0 atom stereocenters. The number of hydrazone groups is 1. The van der Waals surface area contributed by atoms with Crippen molar-refractivity contribution in [2.75, 3.05) is 10.8 Å². The lowest BCUT2D eigenvalue weighted by molar-refractivity contribution is -0.119. The van der Waals surface area contributed by atoms with Gasteiger partial charge in [-0.25, -0.2) is 13.8 Å². The van der Waals surface area contributed by atoms with Gasteiger partial charge in [0.15, 0.2) is 0 Å². The van der Waals surface area contributed by atoms with Crippen molar-refractivity contribution >= 4 is 43.8 Å². The zero-order valence-electron chi connectivity index (χ0n) is 21.6. The summed E-state index contributed by atoms with van der Waals surface area (Å²) in [6.07, 6.45) is 1.58. The van der Waals surface area contributed by atoms with Gasteiger partial charge in [-0.15, -0.1) is 0 Å². The Morgan fingerprint density at radius 3 is 2.21 bits per heavy atom. The number of carbonyl (C=O) groups excluding carboxylic acids is 1. The Balaban J connectivity index is 1.55. The molecule has 4 rings (SSSR count). The van der Waals surface area contributed by atoms with Crippen LogP contribution in [0.25, 0.3) is 5.69 Å². The first-order valence-electron chi connectivity index (χ1n) is 12.0. The molecular formula is C29H29BrN4O3S. The van der Waals surface area contributed by atoms with Crippen molar-refractivity contribution in [2.45, 2.75) is 32.6 Å². The molecule has 0 spiro atoms. The van der Waals surface area contributed by atoms with Gasteiger partial charge in [0.1, 0.15) is 6.54 Å². The first-order valence-corrected chi connectivity index (χ1v) is 14.2. The van der Waals surface area contributed by atoms with E-state index in [0.29, 0.717) is 5.69 Å².